The van der Waals surface area contributed by atoms with Gasteiger partial charge in [0.1, 0.15) is 6.29 Å². The number of halogens is 1. The predicted octanol–water partition coefficient (Wildman–Crippen LogP) is 9.29. The van der Waals surface area contributed by atoms with Crippen molar-refractivity contribution in [3.05, 3.63) is 118 Å². The molecule has 0 aromatic heterocycles. The number of hydrogen-bond donors (Lipinski definition) is 1. The van der Waals surface area contributed by atoms with Gasteiger partial charge in [0, 0.05) is 78.7 Å². The SMILES string of the molecule is CCCN1c2ccccc2C(C)(C)C1/C=C/C1=C(Cl)C(=C/C=C2/N(CCCCCC(=O)NCCN(C)C(=O)/C=C\C=O)c3ccccc3C2(C)C)/CCC1. The van der Waals surface area contributed by atoms with Crippen LogP contribution in [-0.2, 0) is 25.2 Å². The Morgan fingerprint density at radius 1 is 0.944 bits per heavy atom. The molecule has 5 rings (SSSR count). The first kappa shape index (κ1) is 40.8. The number of likely N-dealkylation sites (N-methyl/N-ethyl adjacent to an activating group) is 1. The summed E-state index contributed by atoms with van der Waals surface area (Å²) in [5.74, 6) is -0.279. The number of para-hydroxylation sites is 2. The second-order valence-corrected chi connectivity index (χ2v) is 16.3. The molecule has 0 saturated heterocycles. The zero-order valence-corrected chi connectivity index (χ0v) is 33.9. The van der Waals surface area contributed by atoms with Crippen LogP contribution in [0.2, 0.25) is 0 Å². The van der Waals surface area contributed by atoms with Gasteiger partial charge >= 0.3 is 0 Å². The summed E-state index contributed by atoms with van der Waals surface area (Å²) in [5, 5.41) is 3.79. The van der Waals surface area contributed by atoms with E-state index >= 15 is 0 Å². The number of carbonyl (C=O) groups excluding carboxylic acids is 3. The van der Waals surface area contributed by atoms with Crippen molar-refractivity contribution in [3.63, 3.8) is 0 Å². The number of rotatable bonds is 16. The number of nitrogens with one attached hydrogen (secondary N) is 1. The maximum absolute atomic E-state index is 12.5. The molecule has 1 unspecified atom stereocenters. The second kappa shape index (κ2) is 18.3. The van der Waals surface area contributed by atoms with Gasteiger partial charge in [-0.2, -0.15) is 0 Å². The summed E-state index contributed by atoms with van der Waals surface area (Å²) in [5.41, 5.74) is 8.86. The predicted molar refractivity (Wildman–Crippen MR) is 224 cm³/mol. The van der Waals surface area contributed by atoms with Crippen LogP contribution in [0.4, 0.5) is 11.4 Å². The smallest absolute Gasteiger partial charge is 0.246 e. The van der Waals surface area contributed by atoms with Crippen LogP contribution >= 0.6 is 11.6 Å². The molecule has 288 valence electrons. The van der Waals surface area contributed by atoms with E-state index in [4.69, 9.17) is 11.6 Å². The molecule has 0 bridgehead atoms. The van der Waals surface area contributed by atoms with Crippen molar-refractivity contribution in [2.75, 3.05) is 43.0 Å². The number of nitrogens with zero attached hydrogens (tertiary/aromatic N) is 3. The van der Waals surface area contributed by atoms with Gasteiger partial charge in [0.2, 0.25) is 11.8 Å². The fourth-order valence-corrected chi connectivity index (χ4v) is 8.65. The van der Waals surface area contributed by atoms with Crippen molar-refractivity contribution >= 4 is 41.1 Å². The molecule has 7 nitrogen and oxygen atoms in total. The third kappa shape index (κ3) is 9.11. The molecule has 0 spiro atoms. The number of benzene rings is 2. The van der Waals surface area contributed by atoms with Gasteiger partial charge in [0.05, 0.1) is 6.04 Å². The Balaban J connectivity index is 1.24. The molecule has 0 fully saturated rings. The highest BCUT2D eigenvalue weighted by Crippen LogP contribution is 2.48. The van der Waals surface area contributed by atoms with Crippen LogP contribution in [0.15, 0.2) is 107 Å². The van der Waals surface area contributed by atoms with Gasteiger partial charge in [0.25, 0.3) is 0 Å². The first-order valence-electron chi connectivity index (χ1n) is 19.8. The minimum absolute atomic E-state index is 0.00311. The fraction of sp³-hybridized carbons (Fsp3) is 0.457. The van der Waals surface area contributed by atoms with Crippen LogP contribution in [0.25, 0.3) is 0 Å². The van der Waals surface area contributed by atoms with Gasteiger partial charge in [0.15, 0.2) is 0 Å². The summed E-state index contributed by atoms with van der Waals surface area (Å²) in [7, 11) is 1.65. The van der Waals surface area contributed by atoms with Crippen LogP contribution in [0.3, 0.4) is 0 Å². The highest BCUT2D eigenvalue weighted by molar-refractivity contribution is 6.32. The van der Waals surface area contributed by atoms with Crippen molar-refractivity contribution in [3.8, 4) is 0 Å². The summed E-state index contributed by atoms with van der Waals surface area (Å²) in [6.45, 7) is 14.2. The lowest BCUT2D eigenvalue weighted by atomic mass is 9.80. The zero-order valence-electron chi connectivity index (χ0n) is 33.2. The molecule has 2 amide bonds. The Morgan fingerprint density at radius 2 is 1.67 bits per heavy atom. The number of hydrogen-bond acceptors (Lipinski definition) is 5. The summed E-state index contributed by atoms with van der Waals surface area (Å²) in [6.07, 6.45) is 19.5. The Hall–Kier alpha value is -4.36. The van der Waals surface area contributed by atoms with Gasteiger partial charge in [-0.3, -0.25) is 14.4 Å². The average Bonchev–Trinajstić information content (AvgIpc) is 3.51. The van der Waals surface area contributed by atoms with Gasteiger partial charge in [-0.15, -0.1) is 0 Å². The topological polar surface area (TPSA) is 73.0 Å². The minimum atomic E-state index is -0.266. The van der Waals surface area contributed by atoms with Crippen LogP contribution in [0, 0.1) is 0 Å². The summed E-state index contributed by atoms with van der Waals surface area (Å²) >= 11 is 7.24. The average molecular weight is 751 g/mol. The number of unbranched alkanes of at least 4 members (excludes halogenated alkanes) is 2. The molecular weight excluding hydrogens is 692 g/mol. The number of anilines is 2. The van der Waals surface area contributed by atoms with E-state index in [2.05, 4.69) is 123 Å². The van der Waals surface area contributed by atoms with E-state index in [-0.39, 0.29) is 28.7 Å². The molecule has 0 radical (unpaired) electrons. The second-order valence-electron chi connectivity index (χ2n) is 15.9. The Kier molecular flexibility index (Phi) is 13.8. The lowest BCUT2D eigenvalue weighted by Gasteiger charge is -2.32. The van der Waals surface area contributed by atoms with E-state index in [1.807, 2.05) is 0 Å². The Morgan fingerprint density at radius 3 is 2.41 bits per heavy atom. The molecule has 0 saturated carbocycles. The molecule has 2 aromatic rings. The van der Waals surface area contributed by atoms with E-state index < -0.39 is 0 Å². The Bertz CT molecular complexity index is 1830. The molecule has 2 aromatic carbocycles. The van der Waals surface area contributed by atoms with Crippen molar-refractivity contribution in [1.29, 1.82) is 0 Å². The molecule has 8 heteroatoms. The molecule has 1 N–H and O–H groups in total. The molecule has 2 aliphatic heterocycles. The van der Waals surface area contributed by atoms with Gasteiger partial charge in [-0.25, -0.2) is 0 Å². The van der Waals surface area contributed by atoms with E-state index in [9.17, 15) is 14.4 Å². The number of carbonyl (C=O) groups is 3. The summed E-state index contributed by atoms with van der Waals surface area (Å²) < 4.78 is 0. The van der Waals surface area contributed by atoms with E-state index in [1.54, 1.807) is 7.05 Å². The third-order valence-corrected chi connectivity index (χ3v) is 11.9. The third-order valence-electron chi connectivity index (χ3n) is 11.4. The molecule has 3 aliphatic rings. The fourth-order valence-electron chi connectivity index (χ4n) is 8.33. The molecule has 1 aliphatic carbocycles. The number of amides is 2. The van der Waals surface area contributed by atoms with Crippen molar-refractivity contribution in [2.24, 2.45) is 0 Å². The maximum atomic E-state index is 12.5. The molecule has 1 atom stereocenters. The summed E-state index contributed by atoms with van der Waals surface area (Å²) in [6, 6.07) is 17.8. The summed E-state index contributed by atoms with van der Waals surface area (Å²) in [4.78, 5) is 41.3. The Labute approximate surface area is 328 Å². The van der Waals surface area contributed by atoms with Crippen molar-refractivity contribution in [2.45, 2.75) is 103 Å². The van der Waals surface area contributed by atoms with Gasteiger partial charge in [-0.1, -0.05) is 107 Å². The van der Waals surface area contributed by atoms with E-state index in [1.165, 1.54) is 56.4 Å². The van der Waals surface area contributed by atoms with Gasteiger partial charge in [-0.05, 0) is 85.1 Å². The van der Waals surface area contributed by atoms with Crippen molar-refractivity contribution in [1.82, 2.24) is 10.2 Å². The van der Waals surface area contributed by atoms with E-state index in [0.29, 0.717) is 25.8 Å². The highest BCUT2D eigenvalue weighted by Gasteiger charge is 2.43. The minimum Gasteiger partial charge on any atom is -0.364 e. The highest BCUT2D eigenvalue weighted by atomic mass is 35.5. The number of fused-ring (bicyclic) bond motifs is 2. The van der Waals surface area contributed by atoms with Crippen LogP contribution in [0.1, 0.15) is 97.1 Å². The lowest BCUT2D eigenvalue weighted by Crippen LogP contribution is -2.40. The molecular formula is C46H59ClN4O3. The van der Waals surface area contributed by atoms with E-state index in [0.717, 1.165) is 63.1 Å². The standard InChI is InChI=1S/C46H59ClN4O3/c1-7-30-50-38-21-12-10-19-36(38)45(2,3)40(50)27-25-34-17-15-18-35(44(34)47)26-28-41-46(4,5)37-20-11-13-22-39(37)51(41)31-14-8-9-23-42(53)48-29-32-49(6)43(54)24-16-33-52/h10-13,16,19-22,24-28,33,40H,7-9,14-15,17-18,23,29-32H2,1-6H3,(H,48,53)/b24-16-,27-25+,35-26+,41-28+. The quantitative estimate of drug-likeness (QED) is 0.105. The first-order valence-corrected chi connectivity index (χ1v) is 20.1. The monoisotopic (exact) mass is 750 g/mol. The zero-order chi connectivity index (χ0) is 38.9. The van der Waals surface area contributed by atoms with Crippen LogP contribution < -0.4 is 15.1 Å². The lowest BCUT2D eigenvalue weighted by molar-refractivity contribution is -0.126. The van der Waals surface area contributed by atoms with Crippen molar-refractivity contribution < 1.29 is 14.4 Å². The maximum Gasteiger partial charge on any atom is 0.246 e. The number of allylic oxidation sites excluding steroid dienone is 8. The number of aldehydes is 1. The van der Waals surface area contributed by atoms with Crippen LogP contribution in [0.5, 0.6) is 0 Å². The largest absolute Gasteiger partial charge is 0.364 e. The van der Waals surface area contributed by atoms with Gasteiger partial charge < -0.3 is 20.0 Å². The normalized spacial score (nSPS) is 20.3. The van der Waals surface area contributed by atoms with Crippen LogP contribution in [-0.4, -0.2) is 62.3 Å². The molecule has 54 heavy (non-hydrogen) atoms. The molecule has 2 heterocycles. The first-order chi connectivity index (χ1) is 25.9.